The molecule has 3 aromatic carbocycles. The fraction of sp³-hybridized carbons (Fsp3) is 0.0800. The fourth-order valence-electron chi connectivity index (χ4n) is 3.22. The van der Waals surface area contributed by atoms with Crippen molar-refractivity contribution in [1.82, 2.24) is 10.7 Å². The van der Waals surface area contributed by atoms with Crippen LogP contribution in [0, 0.1) is 7.14 Å². The molecule has 1 aliphatic rings. The average molecular weight is 695 g/mol. The third-order valence-corrected chi connectivity index (χ3v) is 6.27. The van der Waals surface area contributed by atoms with E-state index < -0.39 is 11.8 Å². The van der Waals surface area contributed by atoms with Crippen molar-refractivity contribution < 1.29 is 23.8 Å². The standard InChI is InChI=1S/C25H19I2N3O5/c1-33-23-17(11-18(26)12-19(23)27)13-28-30-25(32)20(29-24(31)16-5-3-2-4-6-16)9-15-7-8-21-22(10-15)35-14-34-21/h2-13H,14H2,1H3,(H,29,31)(H,30,32)/b20-9-,28-13+. The lowest BCUT2D eigenvalue weighted by molar-refractivity contribution is -0.117. The second kappa shape index (κ2) is 11.5. The first-order valence-corrected chi connectivity index (χ1v) is 12.4. The van der Waals surface area contributed by atoms with E-state index in [-0.39, 0.29) is 12.5 Å². The molecule has 2 N–H and O–H groups in total. The lowest BCUT2D eigenvalue weighted by atomic mass is 10.1. The third-order valence-electron chi connectivity index (χ3n) is 4.85. The molecule has 0 unspecified atom stereocenters. The molecule has 0 fully saturated rings. The first-order valence-electron chi connectivity index (χ1n) is 10.3. The Kier molecular flexibility index (Phi) is 8.23. The quantitative estimate of drug-likeness (QED) is 0.164. The van der Waals surface area contributed by atoms with Gasteiger partial charge >= 0.3 is 0 Å². The normalized spacial score (nSPS) is 12.5. The van der Waals surface area contributed by atoms with E-state index in [2.05, 4.69) is 61.0 Å². The Hall–Kier alpha value is -3.13. The van der Waals surface area contributed by atoms with Crippen LogP contribution < -0.4 is 25.0 Å². The molecular formula is C25H19I2N3O5. The molecular weight excluding hydrogens is 676 g/mol. The van der Waals surface area contributed by atoms with Gasteiger partial charge in [-0.15, -0.1) is 0 Å². The maximum absolute atomic E-state index is 13.0. The maximum atomic E-state index is 13.0. The number of carbonyl (C=O) groups excluding carboxylic acids is 2. The number of benzene rings is 3. The van der Waals surface area contributed by atoms with Crippen molar-refractivity contribution in [2.24, 2.45) is 5.10 Å². The van der Waals surface area contributed by atoms with Crippen LogP contribution in [-0.2, 0) is 4.79 Å². The van der Waals surface area contributed by atoms with Crippen LogP contribution in [0.2, 0.25) is 0 Å². The van der Waals surface area contributed by atoms with Gasteiger partial charge in [0.05, 0.1) is 16.9 Å². The van der Waals surface area contributed by atoms with Crippen molar-refractivity contribution in [3.05, 3.63) is 90.2 Å². The van der Waals surface area contributed by atoms with Crippen LogP contribution >= 0.6 is 45.2 Å². The minimum atomic E-state index is -0.595. The lowest BCUT2D eigenvalue weighted by Crippen LogP contribution is -2.32. The SMILES string of the molecule is COc1c(I)cc(I)cc1/C=N/NC(=O)/C(=C/c1ccc2c(c1)OCO2)NC(=O)c1ccccc1. The molecule has 1 heterocycles. The molecule has 0 aromatic heterocycles. The van der Waals surface area contributed by atoms with Crippen LogP contribution in [0.4, 0.5) is 0 Å². The molecule has 0 spiro atoms. The molecule has 2 amide bonds. The summed E-state index contributed by atoms with van der Waals surface area (Å²) in [5.41, 5.74) is 4.26. The van der Waals surface area contributed by atoms with Gasteiger partial charge in [0.15, 0.2) is 11.5 Å². The highest BCUT2D eigenvalue weighted by molar-refractivity contribution is 14.1. The monoisotopic (exact) mass is 695 g/mol. The zero-order valence-electron chi connectivity index (χ0n) is 18.4. The number of fused-ring (bicyclic) bond motifs is 1. The first kappa shape index (κ1) is 25.0. The van der Waals surface area contributed by atoms with E-state index >= 15 is 0 Å². The van der Waals surface area contributed by atoms with E-state index in [1.165, 1.54) is 6.21 Å². The molecule has 3 aromatic rings. The number of methoxy groups -OCH3 is 1. The van der Waals surface area contributed by atoms with Gasteiger partial charge in [-0.1, -0.05) is 24.3 Å². The number of nitrogens with one attached hydrogen (secondary N) is 2. The number of hydrogen-bond acceptors (Lipinski definition) is 6. The number of carbonyl (C=O) groups is 2. The minimum Gasteiger partial charge on any atom is -0.495 e. The Morgan fingerprint density at radius 3 is 2.57 bits per heavy atom. The topological polar surface area (TPSA) is 98.2 Å². The number of hydrazone groups is 1. The van der Waals surface area contributed by atoms with E-state index in [0.29, 0.717) is 33.9 Å². The summed E-state index contributed by atoms with van der Waals surface area (Å²) < 4.78 is 18.1. The van der Waals surface area contributed by atoms with Crippen molar-refractivity contribution in [1.29, 1.82) is 0 Å². The summed E-state index contributed by atoms with van der Waals surface area (Å²) in [5.74, 6) is 0.809. The first-order chi connectivity index (χ1) is 16.9. The number of ether oxygens (including phenoxy) is 3. The lowest BCUT2D eigenvalue weighted by Gasteiger charge is -2.10. The van der Waals surface area contributed by atoms with Crippen LogP contribution in [0.25, 0.3) is 6.08 Å². The van der Waals surface area contributed by atoms with E-state index in [1.807, 2.05) is 18.2 Å². The predicted octanol–water partition coefficient (Wildman–Crippen LogP) is 4.55. The van der Waals surface area contributed by atoms with Gasteiger partial charge in [-0.25, -0.2) is 5.43 Å². The molecule has 0 radical (unpaired) electrons. The Morgan fingerprint density at radius 2 is 1.80 bits per heavy atom. The number of hydrogen-bond donors (Lipinski definition) is 2. The van der Waals surface area contributed by atoms with Gasteiger partial charge in [0, 0.05) is 14.7 Å². The van der Waals surface area contributed by atoms with Crippen molar-refractivity contribution >= 4 is 69.3 Å². The smallest absolute Gasteiger partial charge is 0.287 e. The highest BCUT2D eigenvalue weighted by atomic mass is 127. The number of amides is 2. The summed E-state index contributed by atoms with van der Waals surface area (Å²) in [6.07, 6.45) is 3.04. The second-order valence-corrected chi connectivity index (χ2v) is 9.61. The van der Waals surface area contributed by atoms with Gasteiger partial charge in [-0.3, -0.25) is 9.59 Å². The van der Waals surface area contributed by atoms with E-state index in [1.54, 1.807) is 55.7 Å². The summed E-state index contributed by atoms with van der Waals surface area (Å²) in [5, 5.41) is 6.76. The molecule has 0 saturated carbocycles. The Morgan fingerprint density at radius 1 is 1.03 bits per heavy atom. The van der Waals surface area contributed by atoms with Crippen LogP contribution in [0.3, 0.4) is 0 Å². The van der Waals surface area contributed by atoms with Gasteiger partial charge in [0.2, 0.25) is 6.79 Å². The molecule has 10 heteroatoms. The van der Waals surface area contributed by atoms with Crippen LogP contribution in [0.15, 0.2) is 71.5 Å². The molecule has 0 atom stereocenters. The number of nitrogens with zero attached hydrogens (tertiary/aromatic N) is 1. The van der Waals surface area contributed by atoms with Gasteiger partial charge in [0.1, 0.15) is 11.4 Å². The summed E-state index contributed by atoms with van der Waals surface area (Å²) in [6, 6.07) is 17.7. The number of halogens is 2. The Labute approximate surface area is 229 Å². The summed E-state index contributed by atoms with van der Waals surface area (Å²) in [6.45, 7) is 0.135. The molecule has 0 saturated heterocycles. The molecule has 8 nitrogen and oxygen atoms in total. The van der Waals surface area contributed by atoms with Crippen molar-refractivity contribution in [3.8, 4) is 17.2 Å². The zero-order chi connectivity index (χ0) is 24.8. The molecule has 1 aliphatic heterocycles. The summed E-state index contributed by atoms with van der Waals surface area (Å²) >= 11 is 4.37. The third kappa shape index (κ3) is 6.31. The van der Waals surface area contributed by atoms with Gasteiger partial charge in [-0.2, -0.15) is 5.10 Å². The van der Waals surface area contributed by atoms with E-state index in [9.17, 15) is 9.59 Å². The van der Waals surface area contributed by atoms with Crippen LogP contribution in [-0.4, -0.2) is 31.9 Å². The summed E-state index contributed by atoms with van der Waals surface area (Å²) in [4.78, 5) is 25.8. The van der Waals surface area contributed by atoms with Crippen molar-refractivity contribution in [2.45, 2.75) is 0 Å². The molecule has 4 rings (SSSR count). The average Bonchev–Trinajstić information content (AvgIpc) is 3.32. The highest BCUT2D eigenvalue weighted by Gasteiger charge is 2.17. The van der Waals surface area contributed by atoms with Gasteiger partial charge < -0.3 is 19.5 Å². The van der Waals surface area contributed by atoms with E-state index in [4.69, 9.17) is 14.2 Å². The second-order valence-electron chi connectivity index (χ2n) is 7.20. The molecule has 0 bridgehead atoms. The largest absolute Gasteiger partial charge is 0.495 e. The Bertz CT molecular complexity index is 1330. The zero-order valence-corrected chi connectivity index (χ0v) is 22.7. The highest BCUT2D eigenvalue weighted by Crippen LogP contribution is 2.33. The van der Waals surface area contributed by atoms with Gasteiger partial charge in [0.25, 0.3) is 11.8 Å². The van der Waals surface area contributed by atoms with Crippen molar-refractivity contribution in [2.75, 3.05) is 13.9 Å². The summed E-state index contributed by atoms with van der Waals surface area (Å²) in [7, 11) is 1.58. The molecule has 35 heavy (non-hydrogen) atoms. The predicted molar refractivity (Wildman–Crippen MR) is 149 cm³/mol. The van der Waals surface area contributed by atoms with Crippen molar-refractivity contribution in [3.63, 3.8) is 0 Å². The van der Waals surface area contributed by atoms with Crippen LogP contribution in [0.5, 0.6) is 17.2 Å². The molecule has 178 valence electrons. The minimum absolute atomic E-state index is 0.0130. The van der Waals surface area contributed by atoms with E-state index in [0.717, 1.165) is 7.14 Å². The Balaban J connectivity index is 1.58. The van der Waals surface area contributed by atoms with Gasteiger partial charge in [-0.05, 0) is 93.2 Å². The maximum Gasteiger partial charge on any atom is 0.287 e. The molecule has 0 aliphatic carbocycles. The van der Waals surface area contributed by atoms with Crippen LogP contribution in [0.1, 0.15) is 21.5 Å². The number of rotatable bonds is 7. The fourth-order valence-corrected chi connectivity index (χ4v) is 5.33.